The fourth-order valence-electron chi connectivity index (χ4n) is 0. The standard InChI is InChI=1S/C3H6.C2H6N2.21Y/c1-3-2;1-2(3)4;;;;;;;;;;;;;;;;;;;;;/h1-3H2;2-4H,1H3;;;;;;;;;;;;;;;;;;;;;/q2*-2;;;;;;;;;;;;;;;;;;;;;. The summed E-state index contributed by atoms with van der Waals surface area (Å²) in [7, 11) is 0. The van der Waals surface area contributed by atoms with E-state index in [-0.39, 0.29) is 687 Å². The van der Waals surface area contributed by atoms with Crippen molar-refractivity contribution in [3.63, 3.8) is 0 Å². The molecule has 0 aliphatic carbocycles. The third-order valence-corrected chi connectivity index (χ3v) is 0. The number of nitrogens with one attached hydrogen (secondary N) is 2. The summed E-state index contributed by atoms with van der Waals surface area (Å²) in [6, 6.07) is 0. The van der Waals surface area contributed by atoms with Crippen LogP contribution in [0.3, 0.4) is 0 Å². The van der Waals surface area contributed by atoms with Gasteiger partial charge >= 0.3 is 0 Å². The normalized spacial score (nSPS) is 1.93. The molecule has 21 radical (unpaired) electrons. The average molecular weight is 1970 g/mol. The Kier molecular flexibility index (Phi) is 954. The second-order valence-corrected chi connectivity index (χ2v) is 1.08. The van der Waals surface area contributed by atoms with E-state index in [1.807, 2.05) is 0 Å². The summed E-state index contributed by atoms with van der Waals surface area (Å²) in [5, 5.41) is 0. The molecule has 0 rings (SSSR count). The Balaban J connectivity index is -0.000000000488. The van der Waals surface area contributed by atoms with E-state index in [0.29, 0.717) is 0 Å². The van der Waals surface area contributed by atoms with E-state index < -0.39 is 6.17 Å². The second kappa shape index (κ2) is 164. The second-order valence-electron chi connectivity index (χ2n) is 1.08. The van der Waals surface area contributed by atoms with Crippen molar-refractivity contribution in [3.05, 3.63) is 25.3 Å². The minimum absolute atomic E-state index is 0. The first-order valence-corrected chi connectivity index (χ1v) is 2.15. The van der Waals surface area contributed by atoms with Gasteiger partial charge in [0.25, 0.3) is 0 Å². The molecule has 0 saturated heterocycles. The van der Waals surface area contributed by atoms with E-state index in [9.17, 15) is 0 Å². The molecular formula is C5H12N2Y21-4. The van der Waals surface area contributed by atoms with Gasteiger partial charge in [-0.3, -0.25) is 0 Å². The molecule has 0 aliphatic rings. The smallest absolute Gasteiger partial charge is 0 e. The van der Waals surface area contributed by atoms with Gasteiger partial charge in [-0.1, -0.05) is 0 Å². The molecule has 0 aromatic rings. The molecule has 0 aliphatic heterocycles. The molecule has 0 fully saturated rings. The zero-order valence-corrected chi connectivity index (χ0v) is 76.4. The van der Waals surface area contributed by atoms with Gasteiger partial charge in [0.2, 0.25) is 0 Å². The Labute approximate surface area is 705 Å². The first-order chi connectivity index (χ1) is 3.15. The predicted octanol–water partition coefficient (Wildman–Crippen LogP) is 2.43. The maximum absolute atomic E-state index is 6.25. The summed E-state index contributed by atoms with van der Waals surface area (Å²) in [4.78, 5) is 0. The zero-order chi connectivity index (χ0) is 6.28. The molecule has 2 nitrogen and oxygen atoms in total. The van der Waals surface area contributed by atoms with Crippen molar-refractivity contribution in [1.82, 2.24) is 0 Å². The Morgan fingerprint density at radius 3 is 0.393 bits per heavy atom. The van der Waals surface area contributed by atoms with Crippen molar-refractivity contribution < 1.29 is 687 Å². The molecule has 0 amide bonds. The summed E-state index contributed by atoms with van der Waals surface area (Å²) in [5.74, 6) is 0. The molecule has 0 atom stereocenters. The van der Waals surface area contributed by atoms with E-state index in [0.717, 1.165) is 6.42 Å². The number of hydrogen-bond donors (Lipinski definition) is 0. The Bertz CT molecular complexity index is 40.0. The van der Waals surface area contributed by atoms with Gasteiger partial charge in [0.1, 0.15) is 0 Å². The van der Waals surface area contributed by atoms with E-state index in [2.05, 4.69) is 13.8 Å². The number of rotatable bonds is 0. The largest absolute Gasteiger partial charge is 0.693 e. The molecule has 0 unspecified atom stereocenters. The molecular weight excluding hydrogens is 1960 g/mol. The van der Waals surface area contributed by atoms with Gasteiger partial charge in [0.05, 0.1) is 0 Å². The van der Waals surface area contributed by atoms with Gasteiger partial charge in [-0.25, -0.2) is 6.17 Å². The molecule has 2 N–H and O–H groups in total. The third-order valence-electron chi connectivity index (χ3n) is 0. The van der Waals surface area contributed by atoms with Crippen LogP contribution in [0, 0.1) is 13.8 Å². The van der Waals surface area contributed by atoms with Crippen LogP contribution >= 0.6 is 0 Å². The van der Waals surface area contributed by atoms with Gasteiger partial charge in [-0.05, 0) is 0 Å². The van der Waals surface area contributed by atoms with Gasteiger partial charge < -0.3 is 31.7 Å². The van der Waals surface area contributed by atoms with E-state index in [1.54, 1.807) is 0 Å². The quantitative estimate of drug-likeness (QED) is 0.336. The van der Waals surface area contributed by atoms with E-state index >= 15 is 0 Å². The summed E-state index contributed by atoms with van der Waals surface area (Å²) < 4.78 is 0. The monoisotopic (exact) mass is 1970 g/mol. The minimum Gasteiger partial charge on any atom is -0.693 e. The van der Waals surface area contributed by atoms with Crippen LogP contribution in [0.25, 0.3) is 11.5 Å². The van der Waals surface area contributed by atoms with Crippen molar-refractivity contribution in [3.8, 4) is 0 Å². The molecule has 0 spiro atoms. The molecule has 28 heavy (non-hydrogen) atoms. The Morgan fingerprint density at radius 1 is 0.393 bits per heavy atom. The summed E-state index contributed by atoms with van der Waals surface area (Å²) in [6.45, 7) is 8.25. The van der Waals surface area contributed by atoms with Crippen LogP contribution in [0.4, 0.5) is 0 Å². The van der Waals surface area contributed by atoms with Crippen molar-refractivity contribution in [2.45, 2.75) is 19.5 Å². The van der Waals surface area contributed by atoms with Gasteiger partial charge in [-0.15, -0.1) is 6.92 Å². The van der Waals surface area contributed by atoms with E-state index in [4.69, 9.17) is 11.5 Å². The average Bonchev–Trinajstić information content (AvgIpc) is 1.33. The van der Waals surface area contributed by atoms with Crippen LogP contribution in [0.15, 0.2) is 0 Å². The van der Waals surface area contributed by atoms with Crippen molar-refractivity contribution >= 4 is 0 Å². The fourth-order valence-corrected chi connectivity index (χ4v) is 0. The van der Waals surface area contributed by atoms with Gasteiger partial charge in [-0.2, -0.15) is 0 Å². The van der Waals surface area contributed by atoms with E-state index in [1.165, 1.54) is 6.92 Å². The Hall–Kier alpha value is 23.1. The van der Waals surface area contributed by atoms with Crippen LogP contribution < -0.4 is 0 Å². The predicted molar refractivity (Wildman–Crippen MR) is 33.4 cm³/mol. The van der Waals surface area contributed by atoms with Crippen molar-refractivity contribution in [2.24, 2.45) is 0 Å². The minimum atomic E-state index is -0.667. The zero-order valence-electron chi connectivity index (χ0n) is 16.8. The summed E-state index contributed by atoms with van der Waals surface area (Å²) in [5.41, 5.74) is 12.5. The maximum Gasteiger partial charge on any atom is 0 e. The topological polar surface area (TPSA) is 47.6 Å². The molecule has 0 heterocycles. The van der Waals surface area contributed by atoms with Crippen LogP contribution in [0.2, 0.25) is 0 Å². The molecule has 0 bridgehead atoms. The van der Waals surface area contributed by atoms with Crippen molar-refractivity contribution in [2.75, 3.05) is 0 Å². The SMILES string of the molecule is CC([NH-])[NH-].[CH2-]C[CH2-].[Y].[Y].[Y].[Y].[Y].[Y].[Y].[Y].[Y].[Y].[Y].[Y].[Y].[Y].[Y].[Y].[Y].[Y].[Y].[Y].[Y]. The number of hydrogen-bond acceptors (Lipinski definition) is 0. The van der Waals surface area contributed by atoms with Crippen LogP contribution in [0.1, 0.15) is 13.3 Å². The fraction of sp³-hybridized carbons (Fsp3) is 0.600. The molecule has 0 aromatic heterocycles. The third kappa shape index (κ3) is 213. The van der Waals surface area contributed by atoms with Gasteiger partial charge in [0.15, 0.2) is 0 Å². The first-order valence-electron chi connectivity index (χ1n) is 2.15. The maximum atomic E-state index is 6.25. The van der Waals surface area contributed by atoms with Crippen molar-refractivity contribution in [1.29, 1.82) is 0 Å². The Morgan fingerprint density at radius 2 is 0.393 bits per heavy atom. The van der Waals surface area contributed by atoms with Crippen LogP contribution in [-0.4, -0.2) is 6.17 Å². The molecule has 23 heteroatoms. The molecule has 109 valence electrons. The first kappa shape index (κ1) is 162. The molecule has 0 aromatic carbocycles. The van der Waals surface area contributed by atoms with Crippen LogP contribution in [-0.2, 0) is 687 Å². The van der Waals surface area contributed by atoms with Crippen LogP contribution in [0.5, 0.6) is 0 Å². The molecule has 0 saturated carbocycles. The summed E-state index contributed by atoms with van der Waals surface area (Å²) in [6.07, 6.45) is 0.0833. The van der Waals surface area contributed by atoms with Gasteiger partial charge in [0, 0.05) is 687 Å². The summed E-state index contributed by atoms with van der Waals surface area (Å²) >= 11 is 0.